The third kappa shape index (κ3) is 3.34. The van der Waals surface area contributed by atoms with Crippen molar-refractivity contribution in [2.24, 2.45) is 0 Å². The highest BCUT2D eigenvalue weighted by Gasteiger charge is 2.06. The molecule has 0 fully saturated rings. The molecule has 0 aromatic heterocycles. The van der Waals surface area contributed by atoms with Crippen LogP contribution in [-0.2, 0) is 0 Å². The zero-order valence-corrected chi connectivity index (χ0v) is 10.8. The van der Waals surface area contributed by atoms with E-state index in [1.807, 2.05) is 18.2 Å². The summed E-state index contributed by atoms with van der Waals surface area (Å²) in [6, 6.07) is 10.5. The van der Waals surface area contributed by atoms with Crippen LogP contribution in [0.15, 0.2) is 36.4 Å². The van der Waals surface area contributed by atoms with Gasteiger partial charge >= 0.3 is 5.97 Å². The number of rotatable bonds is 1. The van der Waals surface area contributed by atoms with Gasteiger partial charge in [0.05, 0.1) is 5.56 Å². The Balaban J connectivity index is 2.44. The summed E-state index contributed by atoms with van der Waals surface area (Å²) >= 11 is 0. The summed E-state index contributed by atoms with van der Waals surface area (Å²) in [5.41, 5.74) is 0.0304. The van der Waals surface area contributed by atoms with E-state index in [1.165, 1.54) is 0 Å². The van der Waals surface area contributed by atoms with Gasteiger partial charge in [0.25, 0.3) is 0 Å². The predicted molar refractivity (Wildman–Crippen MR) is 74.1 cm³/mol. The van der Waals surface area contributed by atoms with Gasteiger partial charge < -0.3 is 10.2 Å². The molecule has 0 bridgehead atoms. The number of benzene rings is 2. The van der Waals surface area contributed by atoms with Crippen molar-refractivity contribution < 1.29 is 15.0 Å². The normalized spacial score (nSPS) is 10.9. The van der Waals surface area contributed by atoms with Gasteiger partial charge in [0.2, 0.25) is 0 Å². The maximum atomic E-state index is 10.9. The molecule has 0 amide bonds. The van der Waals surface area contributed by atoms with E-state index in [1.54, 1.807) is 32.0 Å². The first-order valence-corrected chi connectivity index (χ1v) is 5.88. The topological polar surface area (TPSA) is 57.5 Å². The van der Waals surface area contributed by atoms with Gasteiger partial charge in [-0.25, -0.2) is 4.79 Å². The van der Waals surface area contributed by atoms with Crippen LogP contribution in [0.3, 0.4) is 0 Å². The minimum Gasteiger partial charge on any atom is -0.478 e. The van der Waals surface area contributed by atoms with E-state index in [4.69, 9.17) is 5.11 Å². The average Bonchev–Trinajstić information content (AvgIpc) is 2.34. The fourth-order valence-corrected chi connectivity index (χ4v) is 1.68. The average molecular weight is 254 g/mol. The van der Waals surface area contributed by atoms with Gasteiger partial charge in [-0.05, 0) is 48.9 Å². The fraction of sp³-hybridized carbons (Fsp3) is 0.188. The van der Waals surface area contributed by atoms with Crippen LogP contribution >= 0.6 is 0 Å². The number of aliphatic hydroxyl groups is 1. The van der Waals surface area contributed by atoms with Gasteiger partial charge in [-0.1, -0.05) is 24.0 Å². The first-order valence-electron chi connectivity index (χ1n) is 5.88. The highest BCUT2D eigenvalue weighted by Crippen LogP contribution is 2.18. The molecule has 0 saturated heterocycles. The van der Waals surface area contributed by atoms with Crippen LogP contribution in [0.25, 0.3) is 10.8 Å². The zero-order valence-electron chi connectivity index (χ0n) is 10.8. The number of fused-ring (bicyclic) bond motifs is 1. The third-order valence-corrected chi connectivity index (χ3v) is 2.60. The van der Waals surface area contributed by atoms with Gasteiger partial charge in [0.1, 0.15) is 5.60 Å². The molecule has 96 valence electrons. The molecule has 0 spiro atoms. The van der Waals surface area contributed by atoms with Crippen molar-refractivity contribution in [3.63, 3.8) is 0 Å². The van der Waals surface area contributed by atoms with Crippen molar-refractivity contribution in [3.05, 3.63) is 47.5 Å². The summed E-state index contributed by atoms with van der Waals surface area (Å²) in [6.45, 7) is 3.25. The number of aromatic carboxylic acids is 1. The minimum atomic E-state index is -1.03. The minimum absolute atomic E-state index is 0.267. The van der Waals surface area contributed by atoms with Gasteiger partial charge in [0.15, 0.2) is 0 Å². The van der Waals surface area contributed by atoms with E-state index in [2.05, 4.69) is 11.8 Å². The lowest BCUT2D eigenvalue weighted by Gasteiger charge is -2.06. The highest BCUT2D eigenvalue weighted by molar-refractivity contribution is 5.94. The molecule has 2 rings (SSSR count). The number of carbonyl (C=O) groups is 1. The second-order valence-electron chi connectivity index (χ2n) is 4.89. The van der Waals surface area contributed by atoms with Crippen LogP contribution in [0, 0.1) is 11.8 Å². The lowest BCUT2D eigenvalue weighted by atomic mass is 10.0. The van der Waals surface area contributed by atoms with E-state index in [9.17, 15) is 9.90 Å². The van der Waals surface area contributed by atoms with Crippen molar-refractivity contribution in [2.75, 3.05) is 0 Å². The molecular formula is C16H14O3. The Morgan fingerprint density at radius 1 is 1.11 bits per heavy atom. The van der Waals surface area contributed by atoms with E-state index < -0.39 is 11.6 Å². The van der Waals surface area contributed by atoms with Crippen molar-refractivity contribution in [3.8, 4) is 11.8 Å². The number of carboxylic acids is 1. The van der Waals surface area contributed by atoms with Crippen molar-refractivity contribution >= 4 is 16.7 Å². The molecule has 0 aliphatic heterocycles. The van der Waals surface area contributed by atoms with Crippen molar-refractivity contribution in [1.29, 1.82) is 0 Å². The smallest absolute Gasteiger partial charge is 0.335 e. The number of hydrogen-bond donors (Lipinski definition) is 2. The molecule has 2 aromatic rings. The Kier molecular flexibility index (Phi) is 3.28. The van der Waals surface area contributed by atoms with Crippen molar-refractivity contribution in [1.82, 2.24) is 0 Å². The lowest BCUT2D eigenvalue weighted by molar-refractivity contribution is 0.0697. The molecule has 0 aliphatic carbocycles. The zero-order chi connectivity index (χ0) is 14.0. The van der Waals surface area contributed by atoms with E-state index in [-0.39, 0.29) is 5.56 Å². The summed E-state index contributed by atoms with van der Waals surface area (Å²) in [6.07, 6.45) is 0. The molecule has 0 unspecified atom stereocenters. The predicted octanol–water partition coefficient (Wildman–Crippen LogP) is 2.66. The van der Waals surface area contributed by atoms with Crippen LogP contribution in [-0.4, -0.2) is 21.8 Å². The molecule has 2 N–H and O–H groups in total. The van der Waals surface area contributed by atoms with E-state index in [0.717, 1.165) is 16.3 Å². The molecule has 0 heterocycles. The summed E-state index contributed by atoms with van der Waals surface area (Å²) in [5.74, 6) is 4.70. The summed E-state index contributed by atoms with van der Waals surface area (Å²) < 4.78 is 0. The summed E-state index contributed by atoms with van der Waals surface area (Å²) in [4.78, 5) is 10.9. The molecule has 0 saturated carbocycles. The van der Waals surface area contributed by atoms with Crippen LogP contribution in [0.4, 0.5) is 0 Å². The maximum absolute atomic E-state index is 10.9. The van der Waals surface area contributed by atoms with Crippen LogP contribution in [0.5, 0.6) is 0 Å². The highest BCUT2D eigenvalue weighted by atomic mass is 16.4. The molecule has 19 heavy (non-hydrogen) atoms. The molecular weight excluding hydrogens is 240 g/mol. The Morgan fingerprint density at radius 3 is 2.37 bits per heavy atom. The number of hydrogen-bond acceptors (Lipinski definition) is 2. The van der Waals surface area contributed by atoms with E-state index >= 15 is 0 Å². The molecule has 3 heteroatoms. The van der Waals surface area contributed by atoms with Crippen LogP contribution in [0.1, 0.15) is 29.8 Å². The Morgan fingerprint density at radius 2 is 1.74 bits per heavy atom. The van der Waals surface area contributed by atoms with Gasteiger partial charge in [-0.3, -0.25) is 0 Å². The lowest BCUT2D eigenvalue weighted by Crippen LogP contribution is -2.14. The first kappa shape index (κ1) is 13.1. The molecule has 2 aromatic carbocycles. The monoisotopic (exact) mass is 254 g/mol. The van der Waals surface area contributed by atoms with E-state index in [0.29, 0.717) is 0 Å². The Hall–Kier alpha value is -2.31. The maximum Gasteiger partial charge on any atom is 0.335 e. The molecule has 0 atom stereocenters. The van der Waals surface area contributed by atoms with Crippen LogP contribution < -0.4 is 0 Å². The second kappa shape index (κ2) is 4.75. The SMILES string of the molecule is CC(C)(O)C#Cc1ccc2cc(C(=O)O)ccc2c1. The molecule has 3 nitrogen and oxygen atoms in total. The quantitative estimate of drug-likeness (QED) is 0.769. The largest absolute Gasteiger partial charge is 0.478 e. The standard InChI is InChI=1S/C16H14O3/c1-16(2,19)8-7-11-3-4-13-10-14(15(17)18)6-5-12(13)9-11/h3-6,9-10,19H,1-2H3,(H,17,18). The molecule has 0 aliphatic rings. The third-order valence-electron chi connectivity index (χ3n) is 2.60. The van der Waals surface area contributed by atoms with Gasteiger partial charge in [0, 0.05) is 5.56 Å². The van der Waals surface area contributed by atoms with Gasteiger partial charge in [-0.2, -0.15) is 0 Å². The van der Waals surface area contributed by atoms with Crippen molar-refractivity contribution in [2.45, 2.75) is 19.4 Å². The fourth-order valence-electron chi connectivity index (χ4n) is 1.68. The number of carboxylic acid groups (broad SMARTS) is 1. The van der Waals surface area contributed by atoms with Crippen LogP contribution in [0.2, 0.25) is 0 Å². The van der Waals surface area contributed by atoms with Gasteiger partial charge in [-0.15, -0.1) is 0 Å². The Labute approximate surface area is 111 Å². The Bertz CT molecular complexity index is 697. The summed E-state index contributed by atoms with van der Waals surface area (Å²) in [7, 11) is 0. The molecule has 0 radical (unpaired) electrons. The second-order valence-corrected chi connectivity index (χ2v) is 4.89. The first-order chi connectivity index (χ1) is 8.85. The summed E-state index contributed by atoms with van der Waals surface area (Å²) in [5, 5.41) is 20.3.